The summed E-state index contributed by atoms with van der Waals surface area (Å²) in [6.45, 7) is 1.75. The van der Waals surface area contributed by atoms with Crippen molar-refractivity contribution in [3.05, 3.63) is 45.6 Å². The van der Waals surface area contributed by atoms with Gasteiger partial charge in [0.1, 0.15) is 6.10 Å². The van der Waals surface area contributed by atoms with E-state index in [1.807, 2.05) is 24.3 Å². The van der Waals surface area contributed by atoms with E-state index in [-0.39, 0.29) is 18.1 Å². The highest BCUT2D eigenvalue weighted by atomic mass is 79.9. The molecule has 1 aromatic rings. The zero-order valence-corrected chi connectivity index (χ0v) is 16.6. The molecular weight excluding hydrogens is 396 g/mol. The second-order valence-corrected chi connectivity index (χ2v) is 7.82. The van der Waals surface area contributed by atoms with Gasteiger partial charge in [-0.15, -0.1) is 0 Å². The second kappa shape index (κ2) is 8.71. The van der Waals surface area contributed by atoms with Crippen molar-refractivity contribution in [3.63, 3.8) is 0 Å². The third-order valence-corrected chi connectivity index (χ3v) is 5.75. The van der Waals surface area contributed by atoms with Gasteiger partial charge in [-0.25, -0.2) is 9.59 Å². The Balaban J connectivity index is 1.83. The van der Waals surface area contributed by atoms with Crippen molar-refractivity contribution < 1.29 is 14.3 Å². The molecule has 2 aliphatic rings. The average Bonchev–Trinajstić information content (AvgIpc) is 2.56. The number of urea groups is 1. The maximum absolute atomic E-state index is 13.0. The summed E-state index contributed by atoms with van der Waals surface area (Å²) in [5.41, 5.74) is 1.86. The predicted molar refractivity (Wildman–Crippen MR) is 103 cm³/mol. The number of hydrogen-bond donors (Lipinski definition) is 2. The molecule has 1 saturated carbocycles. The number of carbonyl (C=O) groups excluding carboxylic acids is 2. The van der Waals surface area contributed by atoms with Gasteiger partial charge in [-0.2, -0.15) is 0 Å². The Labute approximate surface area is 162 Å². The molecule has 0 aromatic heterocycles. The molecule has 0 spiro atoms. The Morgan fingerprint density at radius 1 is 1.12 bits per heavy atom. The first kappa shape index (κ1) is 19.0. The maximum Gasteiger partial charge on any atom is 0.338 e. The van der Waals surface area contributed by atoms with E-state index in [1.165, 1.54) is 19.3 Å². The van der Waals surface area contributed by atoms with Crippen LogP contribution in [0, 0.1) is 0 Å². The minimum atomic E-state index is -0.527. The molecule has 26 heavy (non-hydrogen) atoms. The number of amides is 2. The van der Waals surface area contributed by atoms with Gasteiger partial charge in [0.15, 0.2) is 0 Å². The number of rotatable bonds is 3. The van der Waals surface area contributed by atoms with Crippen LogP contribution in [-0.4, -0.2) is 18.1 Å². The Morgan fingerprint density at radius 3 is 2.46 bits per heavy atom. The number of hydrogen-bond acceptors (Lipinski definition) is 3. The number of esters is 1. The summed E-state index contributed by atoms with van der Waals surface area (Å²) in [4.78, 5) is 25.0. The minimum Gasteiger partial charge on any atom is -0.459 e. The van der Waals surface area contributed by atoms with Crippen molar-refractivity contribution in [1.29, 1.82) is 0 Å². The first-order valence-corrected chi connectivity index (χ1v) is 10.1. The van der Waals surface area contributed by atoms with Crippen molar-refractivity contribution >= 4 is 27.9 Å². The van der Waals surface area contributed by atoms with Crippen LogP contribution in [0.1, 0.15) is 63.5 Å². The lowest BCUT2D eigenvalue weighted by Gasteiger charge is -2.30. The molecule has 1 fully saturated rings. The van der Waals surface area contributed by atoms with Crippen LogP contribution < -0.4 is 10.6 Å². The summed E-state index contributed by atoms with van der Waals surface area (Å²) in [6, 6.07) is 6.75. The van der Waals surface area contributed by atoms with Crippen LogP contribution in [0.5, 0.6) is 0 Å². The van der Waals surface area contributed by atoms with Gasteiger partial charge in [-0.1, -0.05) is 53.4 Å². The van der Waals surface area contributed by atoms with Crippen molar-refractivity contribution in [2.45, 2.75) is 64.0 Å². The quantitative estimate of drug-likeness (QED) is 0.694. The van der Waals surface area contributed by atoms with Crippen molar-refractivity contribution in [2.75, 3.05) is 0 Å². The van der Waals surface area contributed by atoms with Gasteiger partial charge < -0.3 is 15.4 Å². The fraction of sp³-hybridized carbons (Fsp3) is 0.500. The lowest BCUT2D eigenvalue weighted by atomic mass is 9.95. The summed E-state index contributed by atoms with van der Waals surface area (Å²) in [6.07, 6.45) is 7.65. The topological polar surface area (TPSA) is 67.4 Å². The van der Waals surface area contributed by atoms with Crippen LogP contribution in [0.4, 0.5) is 4.79 Å². The SMILES string of the molecule is CC1=C(C(=O)OC2CCCCCCC2)[C@@H](c2ccccc2Br)NC(=O)N1. The molecule has 0 saturated heterocycles. The second-order valence-electron chi connectivity index (χ2n) is 6.96. The van der Waals surface area contributed by atoms with Gasteiger partial charge in [0.25, 0.3) is 0 Å². The van der Waals surface area contributed by atoms with E-state index < -0.39 is 6.04 Å². The zero-order valence-electron chi connectivity index (χ0n) is 15.0. The van der Waals surface area contributed by atoms with Crippen LogP contribution >= 0.6 is 15.9 Å². The first-order valence-electron chi connectivity index (χ1n) is 9.30. The zero-order chi connectivity index (χ0) is 18.5. The minimum absolute atomic E-state index is 0.0411. The molecule has 0 radical (unpaired) electrons. The molecule has 2 amide bonds. The van der Waals surface area contributed by atoms with Crippen molar-refractivity contribution in [1.82, 2.24) is 10.6 Å². The molecule has 1 atom stereocenters. The van der Waals surface area contributed by atoms with Crippen LogP contribution in [-0.2, 0) is 9.53 Å². The van der Waals surface area contributed by atoms with E-state index >= 15 is 0 Å². The first-order chi connectivity index (χ1) is 12.6. The highest BCUT2D eigenvalue weighted by molar-refractivity contribution is 9.10. The Bertz CT molecular complexity index is 709. The maximum atomic E-state index is 13.0. The average molecular weight is 421 g/mol. The largest absolute Gasteiger partial charge is 0.459 e. The highest BCUT2D eigenvalue weighted by Crippen LogP contribution is 2.33. The van der Waals surface area contributed by atoms with Crippen molar-refractivity contribution in [2.24, 2.45) is 0 Å². The summed E-state index contributed by atoms with van der Waals surface area (Å²) in [5.74, 6) is -0.346. The Hall–Kier alpha value is -1.82. The molecule has 1 aromatic carbocycles. The molecule has 0 unspecified atom stereocenters. The van der Waals surface area contributed by atoms with Crippen molar-refractivity contribution in [3.8, 4) is 0 Å². The van der Waals surface area contributed by atoms with Gasteiger partial charge in [-0.05, 0) is 44.2 Å². The molecule has 5 nitrogen and oxygen atoms in total. The number of carbonyl (C=O) groups is 2. The van der Waals surface area contributed by atoms with Crippen LogP contribution in [0.2, 0.25) is 0 Å². The normalized spacial score (nSPS) is 22.1. The molecule has 3 rings (SSSR count). The number of benzene rings is 1. The van der Waals surface area contributed by atoms with Gasteiger partial charge >= 0.3 is 12.0 Å². The number of halogens is 1. The summed E-state index contributed by atoms with van der Waals surface area (Å²) < 4.78 is 6.70. The molecule has 1 heterocycles. The summed E-state index contributed by atoms with van der Waals surface area (Å²) in [5, 5.41) is 5.56. The van der Waals surface area contributed by atoms with Gasteiger partial charge in [0.2, 0.25) is 0 Å². The monoisotopic (exact) mass is 420 g/mol. The molecule has 2 N–H and O–H groups in total. The number of ether oxygens (including phenoxy) is 1. The van der Waals surface area contributed by atoms with E-state index in [0.29, 0.717) is 11.3 Å². The fourth-order valence-corrected chi connectivity index (χ4v) is 4.17. The highest BCUT2D eigenvalue weighted by Gasteiger charge is 2.34. The van der Waals surface area contributed by atoms with E-state index in [2.05, 4.69) is 26.6 Å². The van der Waals surface area contributed by atoms with Gasteiger partial charge in [-0.3, -0.25) is 0 Å². The van der Waals surface area contributed by atoms with Gasteiger partial charge in [0, 0.05) is 10.2 Å². The smallest absolute Gasteiger partial charge is 0.338 e. The molecule has 140 valence electrons. The summed E-state index contributed by atoms with van der Waals surface area (Å²) in [7, 11) is 0. The molecule has 6 heteroatoms. The molecule has 0 bridgehead atoms. The Kier molecular flexibility index (Phi) is 6.35. The number of nitrogens with one attached hydrogen (secondary N) is 2. The fourth-order valence-electron chi connectivity index (χ4n) is 3.66. The summed E-state index contributed by atoms with van der Waals surface area (Å²) >= 11 is 3.52. The lowest BCUT2D eigenvalue weighted by molar-refractivity contribution is -0.145. The van der Waals surface area contributed by atoms with E-state index in [4.69, 9.17) is 4.74 Å². The third-order valence-electron chi connectivity index (χ3n) is 5.03. The van der Waals surface area contributed by atoms with Crippen LogP contribution in [0.15, 0.2) is 40.0 Å². The van der Waals surface area contributed by atoms with Crippen LogP contribution in [0.25, 0.3) is 0 Å². The van der Waals surface area contributed by atoms with E-state index in [1.54, 1.807) is 6.92 Å². The molecule has 1 aliphatic heterocycles. The molecular formula is C20H25BrN2O3. The third kappa shape index (κ3) is 4.47. The number of allylic oxidation sites excluding steroid dienone is 1. The van der Waals surface area contributed by atoms with Crippen LogP contribution in [0.3, 0.4) is 0 Å². The van der Waals surface area contributed by atoms with E-state index in [9.17, 15) is 9.59 Å². The lowest BCUT2D eigenvalue weighted by Crippen LogP contribution is -2.45. The Morgan fingerprint density at radius 2 is 1.77 bits per heavy atom. The van der Waals surface area contributed by atoms with Gasteiger partial charge in [0.05, 0.1) is 11.6 Å². The van der Waals surface area contributed by atoms with E-state index in [0.717, 1.165) is 35.7 Å². The molecule has 1 aliphatic carbocycles. The standard InChI is InChI=1S/C20H25BrN2O3/c1-13-17(19(24)26-14-9-5-3-2-4-6-10-14)18(23-20(25)22-13)15-11-7-8-12-16(15)21/h7-8,11-12,14,18H,2-6,9-10H2,1H3,(H2,22,23,25)/t18-/m1/s1. The predicted octanol–water partition coefficient (Wildman–Crippen LogP) is 4.73.